The molecule has 1 aromatic rings. The molecule has 2 saturated heterocycles. The number of urea groups is 1. The third-order valence-electron chi connectivity index (χ3n) is 6.38. The van der Waals surface area contributed by atoms with Crippen LogP contribution in [0.2, 0.25) is 0 Å². The van der Waals surface area contributed by atoms with Crippen LogP contribution in [0.5, 0.6) is 0 Å². The standard InChI is InChI=1S/C21H33FN4O/c1-24(2)20(27)23-15-19-21(9-12-25(3)13-10-21)8-5-11-26(19)16-17-6-4-7-18(22)14-17/h4,6-7,14,19H,5,8-13,15-16H2,1-3H3,(H,23,27)/t19-/m1/s1. The fourth-order valence-corrected chi connectivity index (χ4v) is 4.74. The molecule has 0 aromatic heterocycles. The number of hydrogen-bond acceptors (Lipinski definition) is 3. The van der Waals surface area contributed by atoms with Crippen LogP contribution in [0.4, 0.5) is 9.18 Å². The van der Waals surface area contributed by atoms with Crippen molar-refractivity contribution in [2.45, 2.75) is 38.3 Å². The van der Waals surface area contributed by atoms with E-state index in [1.54, 1.807) is 31.1 Å². The molecule has 0 bridgehead atoms. The van der Waals surface area contributed by atoms with E-state index in [9.17, 15) is 9.18 Å². The predicted molar refractivity (Wildman–Crippen MR) is 106 cm³/mol. The van der Waals surface area contributed by atoms with Crippen molar-refractivity contribution in [1.82, 2.24) is 20.0 Å². The molecule has 2 fully saturated rings. The molecule has 0 radical (unpaired) electrons. The Hall–Kier alpha value is -1.66. The number of hydrogen-bond donors (Lipinski definition) is 1. The van der Waals surface area contributed by atoms with Gasteiger partial charge in [0.2, 0.25) is 0 Å². The lowest BCUT2D eigenvalue weighted by atomic mass is 9.66. The summed E-state index contributed by atoms with van der Waals surface area (Å²) < 4.78 is 13.7. The first kappa shape index (κ1) is 20.1. The van der Waals surface area contributed by atoms with Crippen molar-refractivity contribution in [3.8, 4) is 0 Å². The highest BCUT2D eigenvalue weighted by Gasteiger charge is 2.45. The van der Waals surface area contributed by atoms with Crippen molar-refractivity contribution in [1.29, 1.82) is 0 Å². The fourth-order valence-electron chi connectivity index (χ4n) is 4.74. The van der Waals surface area contributed by atoms with Crippen LogP contribution in [0, 0.1) is 11.2 Å². The number of piperidine rings is 2. The number of carbonyl (C=O) groups is 1. The minimum Gasteiger partial charge on any atom is -0.336 e. The van der Waals surface area contributed by atoms with Gasteiger partial charge in [-0.2, -0.15) is 0 Å². The number of amides is 2. The largest absolute Gasteiger partial charge is 0.336 e. The molecule has 27 heavy (non-hydrogen) atoms. The topological polar surface area (TPSA) is 38.8 Å². The average Bonchev–Trinajstić information content (AvgIpc) is 2.63. The molecule has 1 spiro atoms. The summed E-state index contributed by atoms with van der Waals surface area (Å²) in [6, 6.07) is 7.14. The van der Waals surface area contributed by atoms with Gasteiger partial charge in [-0.15, -0.1) is 0 Å². The third-order valence-corrected chi connectivity index (χ3v) is 6.38. The molecule has 1 N–H and O–H groups in total. The summed E-state index contributed by atoms with van der Waals surface area (Å²) in [7, 11) is 5.72. The lowest BCUT2D eigenvalue weighted by Gasteiger charge is -2.53. The van der Waals surface area contributed by atoms with Crippen LogP contribution in [0.3, 0.4) is 0 Å². The molecular formula is C21H33FN4O. The first-order valence-electron chi connectivity index (χ1n) is 10.0. The summed E-state index contributed by atoms with van der Waals surface area (Å²) in [6.45, 7) is 4.59. The van der Waals surface area contributed by atoms with Crippen LogP contribution in [-0.4, -0.2) is 74.1 Å². The minimum atomic E-state index is -0.184. The van der Waals surface area contributed by atoms with Crippen LogP contribution in [0.15, 0.2) is 24.3 Å². The predicted octanol–water partition coefficient (Wildman–Crippen LogP) is 2.77. The molecule has 2 amide bonds. The maximum Gasteiger partial charge on any atom is 0.316 e. The van der Waals surface area contributed by atoms with E-state index in [4.69, 9.17) is 0 Å². The zero-order chi connectivity index (χ0) is 19.4. The number of nitrogens with zero attached hydrogens (tertiary/aromatic N) is 3. The van der Waals surface area contributed by atoms with Gasteiger partial charge in [-0.25, -0.2) is 9.18 Å². The molecule has 5 nitrogen and oxygen atoms in total. The van der Waals surface area contributed by atoms with Gasteiger partial charge in [0, 0.05) is 33.2 Å². The van der Waals surface area contributed by atoms with Crippen molar-refractivity contribution in [3.05, 3.63) is 35.6 Å². The van der Waals surface area contributed by atoms with Crippen molar-refractivity contribution < 1.29 is 9.18 Å². The molecule has 150 valence electrons. The van der Waals surface area contributed by atoms with Gasteiger partial charge in [0.1, 0.15) is 5.82 Å². The van der Waals surface area contributed by atoms with Gasteiger partial charge in [0.05, 0.1) is 0 Å². The Balaban J connectivity index is 1.79. The Bertz CT molecular complexity index is 643. The van der Waals surface area contributed by atoms with Crippen LogP contribution in [0.25, 0.3) is 0 Å². The smallest absolute Gasteiger partial charge is 0.316 e. The van der Waals surface area contributed by atoms with Gasteiger partial charge in [-0.05, 0) is 75.5 Å². The van der Waals surface area contributed by atoms with E-state index >= 15 is 0 Å². The summed E-state index contributed by atoms with van der Waals surface area (Å²) in [5.74, 6) is -0.184. The zero-order valence-corrected chi connectivity index (χ0v) is 16.9. The molecule has 3 rings (SSSR count). The Morgan fingerprint density at radius 1 is 1.26 bits per heavy atom. The third kappa shape index (κ3) is 4.79. The monoisotopic (exact) mass is 376 g/mol. The van der Waals surface area contributed by atoms with E-state index < -0.39 is 0 Å². The van der Waals surface area contributed by atoms with Gasteiger partial charge in [-0.1, -0.05) is 12.1 Å². The number of carbonyl (C=O) groups excluding carboxylic acids is 1. The quantitative estimate of drug-likeness (QED) is 0.878. The SMILES string of the molecule is CN1CCC2(CCCN(Cc3cccc(F)c3)[C@@H]2CNC(=O)N(C)C)CC1. The van der Waals surface area contributed by atoms with E-state index in [0.29, 0.717) is 6.54 Å². The van der Waals surface area contributed by atoms with Crippen molar-refractivity contribution in [3.63, 3.8) is 0 Å². The van der Waals surface area contributed by atoms with E-state index in [1.807, 2.05) is 6.07 Å². The lowest BCUT2D eigenvalue weighted by molar-refractivity contribution is -0.0305. The molecule has 2 heterocycles. The highest BCUT2D eigenvalue weighted by molar-refractivity contribution is 5.73. The summed E-state index contributed by atoms with van der Waals surface area (Å²) in [5.41, 5.74) is 1.24. The first-order chi connectivity index (χ1) is 12.9. The van der Waals surface area contributed by atoms with E-state index in [-0.39, 0.29) is 23.3 Å². The molecule has 2 aliphatic rings. The average molecular weight is 377 g/mol. The molecule has 1 atom stereocenters. The summed E-state index contributed by atoms with van der Waals surface area (Å²) in [5, 5.41) is 3.12. The number of halogens is 1. The Morgan fingerprint density at radius 2 is 2.00 bits per heavy atom. The number of likely N-dealkylation sites (tertiary alicyclic amines) is 2. The van der Waals surface area contributed by atoms with Crippen molar-refractivity contribution in [2.24, 2.45) is 5.41 Å². The minimum absolute atomic E-state index is 0.0469. The Morgan fingerprint density at radius 3 is 2.67 bits per heavy atom. The Labute approximate surface area is 162 Å². The highest BCUT2D eigenvalue weighted by Crippen LogP contribution is 2.44. The summed E-state index contributed by atoms with van der Waals surface area (Å²) in [6.07, 6.45) is 4.69. The first-order valence-corrected chi connectivity index (χ1v) is 10.0. The lowest BCUT2D eigenvalue weighted by Crippen LogP contribution is -2.60. The highest BCUT2D eigenvalue weighted by atomic mass is 19.1. The van der Waals surface area contributed by atoms with Crippen molar-refractivity contribution >= 4 is 6.03 Å². The summed E-state index contributed by atoms with van der Waals surface area (Å²) >= 11 is 0. The van der Waals surface area contributed by atoms with Gasteiger partial charge >= 0.3 is 6.03 Å². The second kappa shape index (κ2) is 8.57. The molecule has 6 heteroatoms. The zero-order valence-electron chi connectivity index (χ0n) is 16.9. The fraction of sp³-hybridized carbons (Fsp3) is 0.667. The van der Waals surface area contributed by atoms with Crippen LogP contribution in [-0.2, 0) is 6.54 Å². The van der Waals surface area contributed by atoms with Gasteiger partial charge in [-0.3, -0.25) is 4.90 Å². The number of benzene rings is 1. The normalized spacial score (nSPS) is 23.3. The molecule has 0 aliphatic carbocycles. The maximum atomic E-state index is 13.7. The van der Waals surface area contributed by atoms with Crippen LogP contribution >= 0.6 is 0 Å². The summed E-state index contributed by atoms with van der Waals surface area (Å²) in [4.78, 5) is 18.6. The van der Waals surface area contributed by atoms with Crippen molar-refractivity contribution in [2.75, 3.05) is 47.3 Å². The van der Waals surface area contributed by atoms with E-state index in [0.717, 1.165) is 51.0 Å². The van der Waals surface area contributed by atoms with E-state index in [1.165, 1.54) is 12.5 Å². The molecule has 1 aromatic carbocycles. The number of rotatable bonds is 4. The second-order valence-corrected chi connectivity index (χ2v) is 8.47. The maximum absolute atomic E-state index is 13.7. The molecule has 2 aliphatic heterocycles. The second-order valence-electron chi connectivity index (χ2n) is 8.47. The van der Waals surface area contributed by atoms with Gasteiger partial charge in [0.15, 0.2) is 0 Å². The Kier molecular flexibility index (Phi) is 6.37. The van der Waals surface area contributed by atoms with E-state index in [2.05, 4.69) is 22.2 Å². The van der Waals surface area contributed by atoms with Crippen LogP contribution in [0.1, 0.15) is 31.2 Å². The van der Waals surface area contributed by atoms with Crippen LogP contribution < -0.4 is 5.32 Å². The number of nitrogens with one attached hydrogen (secondary N) is 1. The molecule has 0 unspecified atom stereocenters. The van der Waals surface area contributed by atoms with Gasteiger partial charge in [0.25, 0.3) is 0 Å². The van der Waals surface area contributed by atoms with Gasteiger partial charge < -0.3 is 15.1 Å². The molecular weight excluding hydrogens is 343 g/mol. The molecule has 0 saturated carbocycles.